The zero-order valence-electron chi connectivity index (χ0n) is 14.2. The molecular formula is C16H29ClN4O2. The highest BCUT2D eigenvalue weighted by molar-refractivity contribution is 5.85. The predicted molar refractivity (Wildman–Crippen MR) is 92.6 cm³/mol. The van der Waals surface area contributed by atoms with Crippen molar-refractivity contribution in [3.05, 3.63) is 17.0 Å². The first-order chi connectivity index (χ1) is 10.4. The van der Waals surface area contributed by atoms with Gasteiger partial charge in [-0.3, -0.25) is 9.48 Å². The van der Waals surface area contributed by atoms with Gasteiger partial charge in [0.05, 0.1) is 11.8 Å². The highest BCUT2D eigenvalue weighted by Crippen LogP contribution is 2.23. The van der Waals surface area contributed by atoms with E-state index in [9.17, 15) is 9.90 Å². The number of aliphatic hydroxyl groups excluding tert-OH is 1. The van der Waals surface area contributed by atoms with Crippen molar-refractivity contribution >= 4 is 18.3 Å². The summed E-state index contributed by atoms with van der Waals surface area (Å²) in [6.45, 7) is 7.60. The van der Waals surface area contributed by atoms with Crippen LogP contribution in [0, 0.1) is 26.7 Å². The molecule has 1 heterocycles. The molecule has 0 unspecified atom stereocenters. The van der Waals surface area contributed by atoms with Gasteiger partial charge in [0.1, 0.15) is 0 Å². The Bertz CT molecular complexity index is 532. The minimum atomic E-state index is -0.554. The van der Waals surface area contributed by atoms with Crippen molar-refractivity contribution in [2.75, 3.05) is 6.54 Å². The molecular weight excluding hydrogens is 316 g/mol. The van der Waals surface area contributed by atoms with Crippen molar-refractivity contribution in [1.82, 2.24) is 15.1 Å². The molecule has 1 aromatic rings. The molecule has 0 aliphatic heterocycles. The van der Waals surface area contributed by atoms with Crippen LogP contribution >= 0.6 is 12.4 Å². The number of aromatic nitrogens is 2. The minimum Gasteiger partial charge on any atom is -0.391 e. The van der Waals surface area contributed by atoms with Gasteiger partial charge in [0.25, 0.3) is 0 Å². The average molecular weight is 345 g/mol. The molecule has 1 amide bonds. The van der Waals surface area contributed by atoms with Crippen LogP contribution in [0.5, 0.6) is 0 Å². The number of carbonyl (C=O) groups is 1. The second-order valence-corrected chi connectivity index (χ2v) is 6.40. The number of halogens is 1. The fourth-order valence-corrected chi connectivity index (χ4v) is 3.00. The van der Waals surface area contributed by atoms with Crippen molar-refractivity contribution in [3.63, 3.8) is 0 Å². The van der Waals surface area contributed by atoms with Gasteiger partial charge in [0.15, 0.2) is 0 Å². The fourth-order valence-electron chi connectivity index (χ4n) is 3.00. The second-order valence-electron chi connectivity index (χ2n) is 6.40. The quantitative estimate of drug-likeness (QED) is 0.700. The number of carbonyl (C=O) groups excluding carboxylic acids is 1. The van der Waals surface area contributed by atoms with E-state index in [1.807, 2.05) is 11.6 Å². The SMILES string of the molecule is Cc1nn(CCCNC(=O)[C@H]2CC[C@H](N)[C@@H](O)C2)c(C)c1C.Cl. The van der Waals surface area contributed by atoms with Crippen LogP contribution in [0.4, 0.5) is 0 Å². The van der Waals surface area contributed by atoms with Crippen molar-refractivity contribution in [2.24, 2.45) is 11.7 Å². The summed E-state index contributed by atoms with van der Waals surface area (Å²) >= 11 is 0. The maximum absolute atomic E-state index is 12.1. The first-order valence-corrected chi connectivity index (χ1v) is 8.12. The smallest absolute Gasteiger partial charge is 0.223 e. The molecule has 7 heteroatoms. The molecule has 1 aliphatic rings. The predicted octanol–water partition coefficient (Wildman–Crippen LogP) is 1.22. The van der Waals surface area contributed by atoms with Gasteiger partial charge in [-0.05, 0) is 52.0 Å². The molecule has 6 nitrogen and oxygen atoms in total. The maximum Gasteiger partial charge on any atom is 0.223 e. The lowest BCUT2D eigenvalue weighted by Crippen LogP contribution is -2.44. The summed E-state index contributed by atoms with van der Waals surface area (Å²) in [5.41, 5.74) is 9.25. The maximum atomic E-state index is 12.1. The minimum absolute atomic E-state index is 0. The summed E-state index contributed by atoms with van der Waals surface area (Å²) in [6, 6.07) is -0.182. The highest BCUT2D eigenvalue weighted by atomic mass is 35.5. The van der Waals surface area contributed by atoms with Crippen LogP contribution in [0.25, 0.3) is 0 Å². The standard InChI is InChI=1S/C16H28N4O2.ClH/c1-10-11(2)19-20(12(10)3)8-4-7-18-16(22)13-5-6-14(17)15(21)9-13;/h13-15,21H,4-9,17H2,1-3H3,(H,18,22);1H/t13-,14-,15-;/m0./s1. The molecule has 2 rings (SSSR count). The van der Waals surface area contributed by atoms with E-state index < -0.39 is 6.10 Å². The summed E-state index contributed by atoms with van der Waals surface area (Å²) in [5, 5.41) is 17.2. The Balaban J connectivity index is 0.00000264. The third-order valence-corrected chi connectivity index (χ3v) is 4.83. The number of hydrogen-bond acceptors (Lipinski definition) is 4. The van der Waals surface area contributed by atoms with E-state index in [1.165, 1.54) is 11.3 Å². The van der Waals surface area contributed by atoms with E-state index in [0.717, 1.165) is 25.1 Å². The van der Waals surface area contributed by atoms with E-state index in [4.69, 9.17) is 5.73 Å². The lowest BCUT2D eigenvalue weighted by Gasteiger charge is -2.29. The van der Waals surface area contributed by atoms with Crippen LogP contribution in [0.3, 0.4) is 0 Å². The summed E-state index contributed by atoms with van der Waals surface area (Å²) in [7, 11) is 0. The van der Waals surface area contributed by atoms with Crippen molar-refractivity contribution in [3.8, 4) is 0 Å². The Morgan fingerprint density at radius 3 is 2.65 bits per heavy atom. The molecule has 1 aliphatic carbocycles. The number of amides is 1. The Morgan fingerprint density at radius 1 is 1.39 bits per heavy atom. The first-order valence-electron chi connectivity index (χ1n) is 8.12. The van der Waals surface area contributed by atoms with Crippen LogP contribution < -0.4 is 11.1 Å². The summed E-state index contributed by atoms with van der Waals surface area (Å²) in [5.74, 6) is -0.0683. The topological polar surface area (TPSA) is 93.2 Å². The Morgan fingerprint density at radius 2 is 2.09 bits per heavy atom. The number of aliphatic hydroxyl groups is 1. The highest BCUT2D eigenvalue weighted by Gasteiger charge is 2.30. The summed E-state index contributed by atoms with van der Waals surface area (Å²) in [4.78, 5) is 12.1. The van der Waals surface area contributed by atoms with Crippen molar-refractivity contribution in [2.45, 2.75) is 65.1 Å². The van der Waals surface area contributed by atoms with Crippen LogP contribution in [0.2, 0.25) is 0 Å². The molecule has 3 atom stereocenters. The van der Waals surface area contributed by atoms with Gasteiger partial charge in [0, 0.05) is 30.7 Å². The molecule has 0 bridgehead atoms. The zero-order chi connectivity index (χ0) is 16.3. The largest absolute Gasteiger partial charge is 0.391 e. The van der Waals surface area contributed by atoms with E-state index >= 15 is 0 Å². The van der Waals surface area contributed by atoms with E-state index in [2.05, 4.69) is 24.3 Å². The Labute approximate surface area is 144 Å². The fraction of sp³-hybridized carbons (Fsp3) is 0.750. The van der Waals surface area contributed by atoms with Gasteiger partial charge in [-0.15, -0.1) is 12.4 Å². The molecule has 0 spiro atoms. The van der Waals surface area contributed by atoms with Crippen LogP contribution in [0.15, 0.2) is 0 Å². The Kier molecular flexibility index (Phi) is 7.51. The van der Waals surface area contributed by atoms with Gasteiger partial charge in [-0.25, -0.2) is 0 Å². The molecule has 0 saturated heterocycles. The van der Waals surface area contributed by atoms with Crippen molar-refractivity contribution < 1.29 is 9.90 Å². The zero-order valence-corrected chi connectivity index (χ0v) is 15.0. The van der Waals surface area contributed by atoms with Crippen molar-refractivity contribution in [1.29, 1.82) is 0 Å². The van der Waals surface area contributed by atoms with Crippen LogP contribution in [-0.2, 0) is 11.3 Å². The number of nitrogens with zero attached hydrogens (tertiary/aromatic N) is 2. The number of rotatable bonds is 5. The van der Waals surface area contributed by atoms with Gasteiger partial charge in [0.2, 0.25) is 5.91 Å². The molecule has 1 saturated carbocycles. The molecule has 4 N–H and O–H groups in total. The molecule has 0 radical (unpaired) electrons. The van der Waals surface area contributed by atoms with Gasteiger partial charge in [-0.2, -0.15) is 5.10 Å². The van der Waals surface area contributed by atoms with Gasteiger partial charge in [-0.1, -0.05) is 0 Å². The van der Waals surface area contributed by atoms with Gasteiger partial charge >= 0.3 is 0 Å². The van der Waals surface area contributed by atoms with Gasteiger partial charge < -0.3 is 16.2 Å². The molecule has 23 heavy (non-hydrogen) atoms. The van der Waals surface area contributed by atoms with E-state index in [-0.39, 0.29) is 30.3 Å². The third-order valence-electron chi connectivity index (χ3n) is 4.83. The number of nitrogens with one attached hydrogen (secondary N) is 1. The molecule has 1 aromatic heterocycles. The third kappa shape index (κ3) is 4.93. The Hall–Kier alpha value is -1.11. The number of aryl methyl sites for hydroxylation is 2. The second kappa shape index (κ2) is 8.66. The molecule has 1 fully saturated rings. The first kappa shape index (κ1) is 19.9. The lowest BCUT2D eigenvalue weighted by atomic mass is 9.84. The summed E-state index contributed by atoms with van der Waals surface area (Å²) in [6.07, 6.45) is 2.25. The van der Waals surface area contributed by atoms with Crippen LogP contribution in [-0.4, -0.2) is 39.5 Å². The lowest BCUT2D eigenvalue weighted by molar-refractivity contribution is -0.127. The average Bonchev–Trinajstić information content (AvgIpc) is 2.73. The monoisotopic (exact) mass is 344 g/mol. The molecule has 0 aromatic carbocycles. The summed E-state index contributed by atoms with van der Waals surface area (Å²) < 4.78 is 2.00. The number of nitrogens with two attached hydrogens (primary N) is 1. The van der Waals surface area contributed by atoms with Crippen LogP contribution in [0.1, 0.15) is 42.6 Å². The van der Waals surface area contributed by atoms with E-state index in [1.54, 1.807) is 0 Å². The molecule has 132 valence electrons. The number of hydrogen-bond donors (Lipinski definition) is 3. The normalized spacial score (nSPS) is 24.1. The van der Waals surface area contributed by atoms with E-state index in [0.29, 0.717) is 19.4 Å².